The number of sulfonamides is 1. The molecule has 0 spiro atoms. The molecule has 1 saturated carbocycles. The lowest BCUT2D eigenvalue weighted by Gasteiger charge is -2.30. The Morgan fingerprint density at radius 2 is 1.60 bits per heavy atom. The lowest BCUT2D eigenvalue weighted by Crippen LogP contribution is -2.42. The van der Waals surface area contributed by atoms with Crippen molar-refractivity contribution in [3.63, 3.8) is 0 Å². The number of hydrogen-bond donors (Lipinski definition) is 1. The van der Waals surface area contributed by atoms with E-state index >= 15 is 0 Å². The molecule has 30 heavy (non-hydrogen) atoms. The molecule has 1 amide bonds. The number of rotatable bonds is 6. The number of nitrogens with zero attached hydrogens (tertiary/aromatic N) is 1. The Morgan fingerprint density at radius 3 is 2.30 bits per heavy atom. The zero-order valence-electron chi connectivity index (χ0n) is 17.0. The molecule has 2 aromatic rings. The fourth-order valence-electron chi connectivity index (χ4n) is 4.56. The van der Waals surface area contributed by atoms with Crippen LogP contribution in [-0.4, -0.2) is 51.5 Å². The fraction of sp³-hybridized carbons (Fsp3) is 0.435. The summed E-state index contributed by atoms with van der Waals surface area (Å²) in [4.78, 5) is 13.2. The van der Waals surface area contributed by atoms with Crippen LogP contribution in [0.5, 0.6) is 0 Å². The Kier molecular flexibility index (Phi) is 6.22. The molecule has 1 saturated heterocycles. The number of amides is 1. The van der Waals surface area contributed by atoms with E-state index in [1.807, 2.05) is 18.2 Å². The van der Waals surface area contributed by atoms with Crippen molar-refractivity contribution < 1.29 is 17.9 Å². The van der Waals surface area contributed by atoms with Crippen molar-refractivity contribution in [2.75, 3.05) is 32.8 Å². The molecule has 1 aliphatic carbocycles. The number of morpholine rings is 1. The Bertz CT molecular complexity index is 979. The van der Waals surface area contributed by atoms with E-state index in [1.54, 1.807) is 18.2 Å². The van der Waals surface area contributed by atoms with E-state index in [9.17, 15) is 13.2 Å². The minimum Gasteiger partial charge on any atom is -0.379 e. The number of nitrogens with one attached hydrogen (secondary N) is 1. The van der Waals surface area contributed by atoms with Gasteiger partial charge in [0.05, 0.1) is 23.7 Å². The number of ether oxygens (including phenoxy) is 1. The van der Waals surface area contributed by atoms with E-state index in [4.69, 9.17) is 4.74 Å². The smallest absolute Gasteiger partial charge is 0.252 e. The van der Waals surface area contributed by atoms with E-state index in [2.05, 4.69) is 17.4 Å². The van der Waals surface area contributed by atoms with Gasteiger partial charge in [-0.3, -0.25) is 4.79 Å². The van der Waals surface area contributed by atoms with Gasteiger partial charge in [-0.15, -0.1) is 0 Å². The summed E-state index contributed by atoms with van der Waals surface area (Å²) in [7, 11) is -3.75. The molecule has 7 heteroatoms. The van der Waals surface area contributed by atoms with Crippen LogP contribution in [0.4, 0.5) is 0 Å². The van der Waals surface area contributed by atoms with Gasteiger partial charge in [0.15, 0.2) is 0 Å². The van der Waals surface area contributed by atoms with Crippen LogP contribution in [0.25, 0.3) is 0 Å². The van der Waals surface area contributed by atoms with E-state index in [0.29, 0.717) is 32.8 Å². The van der Waals surface area contributed by atoms with Gasteiger partial charge in [-0.2, -0.15) is 4.31 Å². The van der Waals surface area contributed by atoms with E-state index < -0.39 is 10.0 Å². The first-order valence-corrected chi connectivity index (χ1v) is 12.0. The molecule has 4 rings (SSSR count). The van der Waals surface area contributed by atoms with Gasteiger partial charge in [0.1, 0.15) is 0 Å². The average Bonchev–Trinajstić information content (AvgIpc) is 3.29. The minimum absolute atomic E-state index is 0.0598. The van der Waals surface area contributed by atoms with E-state index in [1.165, 1.54) is 15.9 Å². The zero-order chi connectivity index (χ0) is 21.0. The average molecular weight is 429 g/mol. The monoisotopic (exact) mass is 428 g/mol. The molecule has 1 N–H and O–H groups in total. The van der Waals surface area contributed by atoms with Crippen molar-refractivity contribution in [2.45, 2.75) is 36.0 Å². The maximum Gasteiger partial charge on any atom is 0.252 e. The summed E-state index contributed by atoms with van der Waals surface area (Å²) in [6.07, 6.45) is 4.30. The molecule has 0 unspecified atom stereocenters. The largest absolute Gasteiger partial charge is 0.379 e. The molecular weight excluding hydrogens is 400 g/mol. The van der Waals surface area contributed by atoms with Crippen LogP contribution in [0.3, 0.4) is 0 Å². The normalized spacial score (nSPS) is 19.5. The molecule has 2 aliphatic rings. The fourth-order valence-corrected chi connectivity index (χ4v) is 6.16. The molecule has 160 valence electrons. The maximum atomic E-state index is 13.1. The third-order valence-electron chi connectivity index (χ3n) is 6.25. The molecule has 0 atom stereocenters. The van der Waals surface area contributed by atoms with E-state index in [0.717, 1.165) is 25.7 Å². The summed E-state index contributed by atoms with van der Waals surface area (Å²) >= 11 is 0. The number of hydrogen-bond acceptors (Lipinski definition) is 4. The highest BCUT2D eigenvalue weighted by molar-refractivity contribution is 7.89. The molecule has 1 aliphatic heterocycles. The second kappa shape index (κ2) is 8.88. The van der Waals surface area contributed by atoms with Crippen LogP contribution in [0.1, 0.15) is 41.6 Å². The van der Waals surface area contributed by atoms with Crippen LogP contribution >= 0.6 is 0 Å². The predicted octanol–water partition coefficient (Wildman–Crippen LogP) is 2.95. The van der Waals surface area contributed by atoms with Crippen molar-refractivity contribution in [3.8, 4) is 0 Å². The molecule has 2 aromatic carbocycles. The third kappa shape index (κ3) is 4.15. The van der Waals surface area contributed by atoms with Gasteiger partial charge < -0.3 is 10.1 Å². The summed E-state index contributed by atoms with van der Waals surface area (Å²) < 4.78 is 33.0. The van der Waals surface area contributed by atoms with Gasteiger partial charge >= 0.3 is 0 Å². The number of benzene rings is 2. The lowest BCUT2D eigenvalue weighted by molar-refractivity contribution is 0.0729. The van der Waals surface area contributed by atoms with Crippen molar-refractivity contribution in [1.29, 1.82) is 0 Å². The summed E-state index contributed by atoms with van der Waals surface area (Å²) in [5.74, 6) is -0.343. The Balaban J connectivity index is 1.56. The SMILES string of the molecule is O=C(NCC1(c2ccccc2)CCCC1)c1ccccc1S(=O)(=O)N1CCOCC1. The summed E-state index contributed by atoms with van der Waals surface area (Å²) in [6, 6.07) is 16.8. The second-order valence-electron chi connectivity index (χ2n) is 8.05. The van der Waals surface area contributed by atoms with Crippen LogP contribution < -0.4 is 5.32 Å². The first-order valence-electron chi connectivity index (χ1n) is 10.5. The maximum absolute atomic E-state index is 13.1. The van der Waals surface area contributed by atoms with Crippen LogP contribution in [0, 0.1) is 0 Å². The number of carbonyl (C=O) groups is 1. The van der Waals surface area contributed by atoms with Crippen LogP contribution in [-0.2, 0) is 20.2 Å². The molecule has 1 heterocycles. The Hall–Kier alpha value is -2.22. The Morgan fingerprint density at radius 1 is 0.967 bits per heavy atom. The van der Waals surface area contributed by atoms with Gasteiger partial charge in [-0.1, -0.05) is 55.3 Å². The molecule has 6 nitrogen and oxygen atoms in total. The van der Waals surface area contributed by atoms with Gasteiger partial charge in [-0.05, 0) is 30.5 Å². The quantitative estimate of drug-likeness (QED) is 0.768. The lowest BCUT2D eigenvalue weighted by atomic mass is 9.79. The second-order valence-corrected chi connectivity index (χ2v) is 9.96. The van der Waals surface area contributed by atoms with Crippen molar-refractivity contribution >= 4 is 15.9 Å². The van der Waals surface area contributed by atoms with Crippen molar-refractivity contribution in [1.82, 2.24) is 9.62 Å². The van der Waals surface area contributed by atoms with Crippen molar-refractivity contribution in [3.05, 3.63) is 65.7 Å². The summed E-state index contributed by atoms with van der Waals surface area (Å²) in [6.45, 7) is 1.84. The van der Waals surface area contributed by atoms with Crippen molar-refractivity contribution in [2.24, 2.45) is 0 Å². The molecular formula is C23H28N2O4S. The van der Waals surface area contributed by atoms with Gasteiger partial charge in [-0.25, -0.2) is 8.42 Å². The van der Waals surface area contributed by atoms with E-state index in [-0.39, 0.29) is 21.8 Å². The highest BCUT2D eigenvalue weighted by Crippen LogP contribution is 2.40. The standard InChI is InChI=1S/C23H28N2O4S/c26-22(24-18-23(12-6-7-13-23)19-8-2-1-3-9-19)20-10-4-5-11-21(20)30(27,28)25-14-16-29-17-15-25/h1-5,8-11H,6-7,12-18H2,(H,24,26). The summed E-state index contributed by atoms with van der Waals surface area (Å²) in [5.41, 5.74) is 1.34. The topological polar surface area (TPSA) is 75.7 Å². The van der Waals surface area contributed by atoms with Gasteiger partial charge in [0.2, 0.25) is 10.0 Å². The minimum atomic E-state index is -3.75. The van der Waals surface area contributed by atoms with Crippen LogP contribution in [0.15, 0.2) is 59.5 Å². The van der Waals surface area contributed by atoms with Gasteiger partial charge in [0, 0.05) is 25.0 Å². The Labute approximate surface area is 178 Å². The highest BCUT2D eigenvalue weighted by Gasteiger charge is 2.36. The molecule has 0 aromatic heterocycles. The molecule has 0 bridgehead atoms. The number of carbonyl (C=O) groups excluding carboxylic acids is 1. The summed E-state index contributed by atoms with van der Waals surface area (Å²) in [5, 5.41) is 3.05. The predicted molar refractivity (Wildman–Crippen MR) is 115 cm³/mol. The zero-order valence-corrected chi connectivity index (χ0v) is 17.9. The highest BCUT2D eigenvalue weighted by atomic mass is 32.2. The van der Waals surface area contributed by atoms with Gasteiger partial charge in [0.25, 0.3) is 5.91 Å². The molecule has 2 fully saturated rings. The first-order chi connectivity index (χ1) is 14.5. The molecule has 0 radical (unpaired) electrons. The van der Waals surface area contributed by atoms with Crippen LogP contribution in [0.2, 0.25) is 0 Å². The third-order valence-corrected chi connectivity index (χ3v) is 8.21. The first kappa shape index (κ1) is 21.0.